The summed E-state index contributed by atoms with van der Waals surface area (Å²) in [5.41, 5.74) is 6.14. The molecule has 3 N–H and O–H groups in total. The Bertz CT molecular complexity index is 225. The number of aliphatic hydroxyl groups excluding tert-OH is 1. The largest absolute Gasteiger partial charge is 0.392 e. The molecular weight excluding hydrogens is 210 g/mol. The molecule has 102 valence electrons. The van der Waals surface area contributed by atoms with Crippen LogP contribution in [-0.4, -0.2) is 17.8 Å². The van der Waals surface area contributed by atoms with E-state index in [1.807, 2.05) is 0 Å². The first-order valence-electron chi connectivity index (χ1n) is 7.26. The SMILES string of the molecule is CC(C)CC(CN)C(O)C1CCCCC1(C)C. The van der Waals surface area contributed by atoms with E-state index < -0.39 is 0 Å². The third-order valence-electron chi connectivity index (χ3n) is 4.56. The van der Waals surface area contributed by atoms with E-state index in [1.54, 1.807) is 0 Å². The summed E-state index contributed by atoms with van der Waals surface area (Å²) in [6.07, 6.45) is 5.83. The molecule has 0 aromatic heterocycles. The molecule has 1 rings (SSSR count). The highest BCUT2D eigenvalue weighted by molar-refractivity contribution is 4.90. The van der Waals surface area contributed by atoms with Crippen LogP contribution in [0.15, 0.2) is 0 Å². The predicted octanol–water partition coefficient (Wildman–Crippen LogP) is 3.18. The van der Waals surface area contributed by atoms with Gasteiger partial charge in [0, 0.05) is 0 Å². The first kappa shape index (κ1) is 15.0. The summed E-state index contributed by atoms with van der Waals surface area (Å²) in [6, 6.07) is 0. The molecule has 3 atom stereocenters. The average molecular weight is 241 g/mol. The van der Waals surface area contributed by atoms with E-state index in [-0.39, 0.29) is 17.4 Å². The Balaban J connectivity index is 2.68. The minimum atomic E-state index is -0.210. The predicted molar refractivity (Wildman–Crippen MR) is 73.7 cm³/mol. The molecule has 0 spiro atoms. The Kier molecular flexibility index (Phi) is 5.46. The summed E-state index contributed by atoms with van der Waals surface area (Å²) in [4.78, 5) is 0. The van der Waals surface area contributed by atoms with Crippen molar-refractivity contribution in [2.24, 2.45) is 28.9 Å². The zero-order chi connectivity index (χ0) is 13.1. The molecule has 0 aliphatic heterocycles. The second-order valence-corrected chi connectivity index (χ2v) is 6.96. The number of hydrogen-bond acceptors (Lipinski definition) is 2. The number of nitrogens with two attached hydrogens (primary N) is 1. The second-order valence-electron chi connectivity index (χ2n) is 6.96. The minimum Gasteiger partial charge on any atom is -0.392 e. The highest BCUT2D eigenvalue weighted by atomic mass is 16.3. The van der Waals surface area contributed by atoms with Crippen molar-refractivity contribution in [2.75, 3.05) is 6.54 Å². The van der Waals surface area contributed by atoms with E-state index in [0.717, 1.165) is 6.42 Å². The molecule has 1 aliphatic carbocycles. The Hall–Kier alpha value is -0.0800. The molecule has 0 saturated heterocycles. The molecule has 0 radical (unpaired) electrons. The van der Waals surface area contributed by atoms with Crippen molar-refractivity contribution in [3.63, 3.8) is 0 Å². The fourth-order valence-corrected chi connectivity index (χ4v) is 3.46. The molecule has 0 heterocycles. The monoisotopic (exact) mass is 241 g/mol. The van der Waals surface area contributed by atoms with Gasteiger partial charge in [0.1, 0.15) is 0 Å². The van der Waals surface area contributed by atoms with Crippen LogP contribution in [0.4, 0.5) is 0 Å². The van der Waals surface area contributed by atoms with Crippen LogP contribution < -0.4 is 5.73 Å². The number of hydrogen-bond donors (Lipinski definition) is 2. The highest BCUT2D eigenvalue weighted by Crippen LogP contribution is 2.44. The zero-order valence-electron chi connectivity index (χ0n) is 12.1. The number of aliphatic hydroxyl groups is 1. The smallest absolute Gasteiger partial charge is 0.0613 e. The summed E-state index contributed by atoms with van der Waals surface area (Å²) >= 11 is 0. The van der Waals surface area contributed by atoms with Gasteiger partial charge in [0.05, 0.1) is 6.10 Å². The van der Waals surface area contributed by atoms with Gasteiger partial charge in [0.15, 0.2) is 0 Å². The lowest BCUT2D eigenvalue weighted by Crippen LogP contribution is -2.43. The Morgan fingerprint density at radius 1 is 1.29 bits per heavy atom. The minimum absolute atomic E-state index is 0.210. The van der Waals surface area contributed by atoms with Crippen molar-refractivity contribution in [1.29, 1.82) is 0 Å². The zero-order valence-corrected chi connectivity index (χ0v) is 12.1. The summed E-state index contributed by atoms with van der Waals surface area (Å²) in [6.45, 7) is 9.65. The van der Waals surface area contributed by atoms with E-state index in [1.165, 1.54) is 25.7 Å². The maximum Gasteiger partial charge on any atom is 0.0613 e. The molecule has 1 saturated carbocycles. The van der Waals surface area contributed by atoms with Crippen molar-refractivity contribution in [1.82, 2.24) is 0 Å². The van der Waals surface area contributed by atoms with Gasteiger partial charge in [-0.05, 0) is 49.0 Å². The van der Waals surface area contributed by atoms with Gasteiger partial charge in [-0.1, -0.05) is 40.5 Å². The van der Waals surface area contributed by atoms with E-state index in [9.17, 15) is 5.11 Å². The van der Waals surface area contributed by atoms with E-state index in [4.69, 9.17) is 5.73 Å². The maximum atomic E-state index is 10.6. The van der Waals surface area contributed by atoms with Crippen LogP contribution in [0.5, 0.6) is 0 Å². The van der Waals surface area contributed by atoms with Crippen molar-refractivity contribution in [3.8, 4) is 0 Å². The molecule has 1 fully saturated rings. The molecule has 0 aromatic rings. The third kappa shape index (κ3) is 3.96. The van der Waals surface area contributed by atoms with Crippen LogP contribution in [-0.2, 0) is 0 Å². The van der Waals surface area contributed by atoms with Gasteiger partial charge in [0.2, 0.25) is 0 Å². The van der Waals surface area contributed by atoms with Crippen LogP contribution in [0.1, 0.15) is 59.8 Å². The average Bonchev–Trinajstić information content (AvgIpc) is 2.24. The van der Waals surface area contributed by atoms with Crippen LogP contribution in [0, 0.1) is 23.2 Å². The van der Waals surface area contributed by atoms with Crippen LogP contribution in [0.2, 0.25) is 0 Å². The van der Waals surface area contributed by atoms with Crippen molar-refractivity contribution >= 4 is 0 Å². The molecule has 2 heteroatoms. The first-order chi connectivity index (χ1) is 7.88. The molecule has 3 unspecified atom stereocenters. The molecule has 1 aliphatic rings. The fourth-order valence-electron chi connectivity index (χ4n) is 3.46. The van der Waals surface area contributed by atoms with Crippen LogP contribution in [0.3, 0.4) is 0 Å². The van der Waals surface area contributed by atoms with Gasteiger partial charge >= 0.3 is 0 Å². The third-order valence-corrected chi connectivity index (χ3v) is 4.56. The van der Waals surface area contributed by atoms with E-state index in [0.29, 0.717) is 18.4 Å². The summed E-state index contributed by atoms with van der Waals surface area (Å²) < 4.78 is 0. The lowest BCUT2D eigenvalue weighted by atomic mass is 9.64. The van der Waals surface area contributed by atoms with Crippen molar-refractivity contribution < 1.29 is 5.11 Å². The summed E-state index contributed by atoms with van der Waals surface area (Å²) in [5, 5.41) is 10.6. The quantitative estimate of drug-likeness (QED) is 0.776. The van der Waals surface area contributed by atoms with Gasteiger partial charge < -0.3 is 10.8 Å². The van der Waals surface area contributed by atoms with Gasteiger partial charge in [-0.3, -0.25) is 0 Å². The second kappa shape index (κ2) is 6.19. The maximum absolute atomic E-state index is 10.6. The molecule has 17 heavy (non-hydrogen) atoms. The number of rotatable bonds is 5. The normalized spacial score (nSPS) is 28.1. The van der Waals surface area contributed by atoms with Gasteiger partial charge in [0.25, 0.3) is 0 Å². The Labute approximate surface area is 107 Å². The van der Waals surface area contributed by atoms with Crippen LogP contribution in [0.25, 0.3) is 0 Å². The van der Waals surface area contributed by atoms with Crippen LogP contribution >= 0.6 is 0 Å². The summed E-state index contributed by atoms with van der Waals surface area (Å²) in [7, 11) is 0. The van der Waals surface area contributed by atoms with Gasteiger partial charge in [-0.25, -0.2) is 0 Å². The first-order valence-corrected chi connectivity index (χ1v) is 7.26. The van der Waals surface area contributed by atoms with Crippen molar-refractivity contribution in [2.45, 2.75) is 65.9 Å². The Morgan fingerprint density at radius 2 is 1.94 bits per heavy atom. The lowest BCUT2D eigenvalue weighted by Gasteiger charge is -2.43. The topological polar surface area (TPSA) is 46.2 Å². The van der Waals surface area contributed by atoms with E-state index >= 15 is 0 Å². The van der Waals surface area contributed by atoms with Gasteiger partial charge in [-0.2, -0.15) is 0 Å². The fraction of sp³-hybridized carbons (Fsp3) is 1.00. The molecule has 0 aromatic carbocycles. The Morgan fingerprint density at radius 3 is 2.41 bits per heavy atom. The summed E-state index contributed by atoms with van der Waals surface area (Å²) in [5.74, 6) is 1.32. The van der Waals surface area contributed by atoms with E-state index in [2.05, 4.69) is 27.7 Å². The van der Waals surface area contributed by atoms with Crippen molar-refractivity contribution in [3.05, 3.63) is 0 Å². The molecular formula is C15H31NO. The molecule has 2 nitrogen and oxygen atoms in total. The lowest BCUT2D eigenvalue weighted by molar-refractivity contribution is -0.0314. The molecule has 0 amide bonds. The molecule has 0 bridgehead atoms. The van der Waals surface area contributed by atoms with Gasteiger partial charge in [-0.15, -0.1) is 0 Å². The standard InChI is InChI=1S/C15H31NO/c1-11(2)9-12(10-16)14(17)13-7-5-6-8-15(13,3)4/h11-14,17H,5-10,16H2,1-4H3. The highest BCUT2D eigenvalue weighted by Gasteiger charge is 2.39.